The highest BCUT2D eigenvalue weighted by Gasteiger charge is 2.15. The highest BCUT2D eigenvalue weighted by atomic mass is 16.5. The number of rotatable bonds is 7. The first-order valence-electron chi connectivity index (χ1n) is 7.12. The molecule has 0 bridgehead atoms. The first-order valence-corrected chi connectivity index (χ1v) is 7.12. The standard InChI is InChI=1S/C15H24N2O2/c18-13-4-7-16-8-10-17(11-9-16)12-14-19-15-5-2-1-3-6-15/h1-3,5-6,18H,4,7-14H2. The summed E-state index contributed by atoms with van der Waals surface area (Å²) in [7, 11) is 0. The summed E-state index contributed by atoms with van der Waals surface area (Å²) in [6.45, 7) is 7.46. The summed E-state index contributed by atoms with van der Waals surface area (Å²) >= 11 is 0. The Bertz CT molecular complexity index is 337. The number of para-hydroxylation sites is 1. The highest BCUT2D eigenvalue weighted by Crippen LogP contribution is 2.08. The Labute approximate surface area is 115 Å². The summed E-state index contributed by atoms with van der Waals surface area (Å²) in [5.74, 6) is 0.948. The number of aliphatic hydroxyl groups excluding tert-OH is 1. The van der Waals surface area contributed by atoms with E-state index in [1.54, 1.807) is 0 Å². The number of ether oxygens (including phenoxy) is 1. The Hall–Kier alpha value is -1.10. The number of nitrogens with zero attached hydrogens (tertiary/aromatic N) is 2. The van der Waals surface area contributed by atoms with Crippen LogP contribution < -0.4 is 4.74 Å². The smallest absolute Gasteiger partial charge is 0.119 e. The minimum atomic E-state index is 0.297. The van der Waals surface area contributed by atoms with Crippen molar-refractivity contribution in [1.29, 1.82) is 0 Å². The van der Waals surface area contributed by atoms with Crippen molar-refractivity contribution in [3.63, 3.8) is 0 Å². The zero-order valence-corrected chi connectivity index (χ0v) is 11.5. The summed E-state index contributed by atoms with van der Waals surface area (Å²) in [5.41, 5.74) is 0. The van der Waals surface area contributed by atoms with E-state index in [2.05, 4.69) is 9.80 Å². The molecule has 19 heavy (non-hydrogen) atoms. The van der Waals surface area contributed by atoms with E-state index in [1.807, 2.05) is 30.3 Å². The average molecular weight is 264 g/mol. The van der Waals surface area contributed by atoms with Crippen LogP contribution in [-0.4, -0.2) is 67.4 Å². The van der Waals surface area contributed by atoms with Gasteiger partial charge >= 0.3 is 0 Å². The van der Waals surface area contributed by atoms with Crippen molar-refractivity contribution in [2.75, 3.05) is 52.5 Å². The average Bonchev–Trinajstić information content (AvgIpc) is 2.47. The second-order valence-corrected chi connectivity index (χ2v) is 4.92. The van der Waals surface area contributed by atoms with E-state index in [0.717, 1.165) is 58.0 Å². The Morgan fingerprint density at radius 3 is 2.21 bits per heavy atom. The van der Waals surface area contributed by atoms with Gasteiger partial charge in [0.15, 0.2) is 0 Å². The molecule has 1 heterocycles. The van der Waals surface area contributed by atoms with Gasteiger partial charge in [-0.1, -0.05) is 18.2 Å². The first-order chi connectivity index (χ1) is 9.38. The second kappa shape index (κ2) is 8.15. The largest absolute Gasteiger partial charge is 0.492 e. The van der Waals surface area contributed by atoms with Crippen molar-refractivity contribution in [2.45, 2.75) is 6.42 Å². The van der Waals surface area contributed by atoms with Gasteiger partial charge < -0.3 is 14.7 Å². The minimum Gasteiger partial charge on any atom is -0.492 e. The van der Waals surface area contributed by atoms with Crippen LogP contribution in [0.3, 0.4) is 0 Å². The molecule has 1 aliphatic heterocycles. The molecule has 0 amide bonds. The third kappa shape index (κ3) is 5.19. The van der Waals surface area contributed by atoms with Gasteiger partial charge in [0.25, 0.3) is 0 Å². The maximum atomic E-state index is 8.82. The molecule has 1 saturated heterocycles. The molecule has 1 aliphatic rings. The van der Waals surface area contributed by atoms with Gasteiger partial charge in [0.05, 0.1) is 0 Å². The van der Waals surface area contributed by atoms with Crippen LogP contribution in [0.1, 0.15) is 6.42 Å². The second-order valence-electron chi connectivity index (χ2n) is 4.92. The number of hydrogen-bond donors (Lipinski definition) is 1. The Morgan fingerprint density at radius 2 is 1.58 bits per heavy atom. The van der Waals surface area contributed by atoms with Crippen molar-refractivity contribution in [2.24, 2.45) is 0 Å². The van der Waals surface area contributed by atoms with E-state index in [-0.39, 0.29) is 0 Å². The summed E-state index contributed by atoms with van der Waals surface area (Å²) < 4.78 is 5.71. The number of aliphatic hydroxyl groups is 1. The van der Waals surface area contributed by atoms with E-state index in [1.165, 1.54) is 0 Å². The molecular formula is C15H24N2O2. The highest BCUT2D eigenvalue weighted by molar-refractivity contribution is 5.20. The lowest BCUT2D eigenvalue weighted by atomic mass is 10.3. The molecule has 0 spiro atoms. The summed E-state index contributed by atoms with van der Waals surface area (Å²) in [5, 5.41) is 8.82. The van der Waals surface area contributed by atoms with Gasteiger partial charge in [-0.3, -0.25) is 4.90 Å². The molecule has 0 atom stereocenters. The van der Waals surface area contributed by atoms with Gasteiger partial charge in [-0.2, -0.15) is 0 Å². The Kier molecular flexibility index (Phi) is 6.14. The first kappa shape index (κ1) is 14.3. The molecule has 4 heteroatoms. The number of benzene rings is 1. The van der Waals surface area contributed by atoms with Crippen LogP contribution in [0.2, 0.25) is 0 Å². The van der Waals surface area contributed by atoms with E-state index in [4.69, 9.17) is 9.84 Å². The van der Waals surface area contributed by atoms with Gasteiger partial charge in [0.2, 0.25) is 0 Å². The van der Waals surface area contributed by atoms with Crippen LogP contribution in [-0.2, 0) is 0 Å². The molecule has 0 saturated carbocycles. The Balaban J connectivity index is 1.58. The van der Waals surface area contributed by atoms with Gasteiger partial charge in [0, 0.05) is 45.9 Å². The number of hydrogen-bond acceptors (Lipinski definition) is 4. The van der Waals surface area contributed by atoms with E-state index in [9.17, 15) is 0 Å². The summed E-state index contributed by atoms with van der Waals surface area (Å²) in [6.07, 6.45) is 0.886. The van der Waals surface area contributed by atoms with Crippen LogP contribution in [0.5, 0.6) is 5.75 Å². The van der Waals surface area contributed by atoms with Crippen molar-refractivity contribution < 1.29 is 9.84 Å². The SMILES string of the molecule is OCCCN1CCN(CCOc2ccccc2)CC1. The maximum Gasteiger partial charge on any atom is 0.119 e. The molecule has 2 rings (SSSR count). The third-order valence-corrected chi connectivity index (χ3v) is 3.52. The van der Waals surface area contributed by atoms with Gasteiger partial charge in [0.1, 0.15) is 12.4 Å². The molecule has 1 fully saturated rings. The molecule has 1 aromatic carbocycles. The molecule has 0 aliphatic carbocycles. The van der Waals surface area contributed by atoms with Crippen molar-refractivity contribution in [1.82, 2.24) is 9.80 Å². The quantitative estimate of drug-likeness (QED) is 0.799. The lowest BCUT2D eigenvalue weighted by molar-refractivity contribution is 0.111. The van der Waals surface area contributed by atoms with Crippen LogP contribution in [0.15, 0.2) is 30.3 Å². The van der Waals surface area contributed by atoms with Crippen molar-refractivity contribution >= 4 is 0 Å². The molecule has 0 aromatic heterocycles. The lowest BCUT2D eigenvalue weighted by Crippen LogP contribution is -2.47. The Morgan fingerprint density at radius 1 is 0.947 bits per heavy atom. The zero-order valence-electron chi connectivity index (χ0n) is 11.5. The summed E-state index contributed by atoms with van der Waals surface area (Å²) in [4.78, 5) is 4.86. The van der Waals surface area contributed by atoms with Gasteiger partial charge in [-0.25, -0.2) is 0 Å². The monoisotopic (exact) mass is 264 g/mol. The fourth-order valence-electron chi connectivity index (χ4n) is 2.34. The lowest BCUT2D eigenvalue weighted by Gasteiger charge is -2.34. The zero-order chi connectivity index (χ0) is 13.3. The normalized spacial score (nSPS) is 17.5. The van der Waals surface area contributed by atoms with Crippen LogP contribution in [0.4, 0.5) is 0 Å². The van der Waals surface area contributed by atoms with E-state index < -0.39 is 0 Å². The molecule has 4 nitrogen and oxygen atoms in total. The molecule has 1 aromatic rings. The molecule has 1 N–H and O–H groups in total. The topological polar surface area (TPSA) is 35.9 Å². The maximum absolute atomic E-state index is 8.82. The van der Waals surface area contributed by atoms with Gasteiger partial charge in [-0.15, -0.1) is 0 Å². The predicted octanol–water partition coefficient (Wildman–Crippen LogP) is 1.07. The van der Waals surface area contributed by atoms with E-state index >= 15 is 0 Å². The number of piperazine rings is 1. The van der Waals surface area contributed by atoms with Crippen LogP contribution in [0, 0.1) is 0 Å². The van der Waals surface area contributed by atoms with Crippen molar-refractivity contribution in [3.8, 4) is 5.75 Å². The predicted molar refractivity (Wildman–Crippen MR) is 76.5 cm³/mol. The third-order valence-electron chi connectivity index (χ3n) is 3.52. The molecule has 0 unspecified atom stereocenters. The summed E-state index contributed by atoms with van der Waals surface area (Å²) in [6, 6.07) is 9.97. The van der Waals surface area contributed by atoms with Gasteiger partial charge in [-0.05, 0) is 18.6 Å². The fourth-order valence-corrected chi connectivity index (χ4v) is 2.34. The minimum absolute atomic E-state index is 0.297. The van der Waals surface area contributed by atoms with Crippen LogP contribution in [0.25, 0.3) is 0 Å². The van der Waals surface area contributed by atoms with Crippen LogP contribution >= 0.6 is 0 Å². The fraction of sp³-hybridized carbons (Fsp3) is 0.600. The van der Waals surface area contributed by atoms with Crippen molar-refractivity contribution in [3.05, 3.63) is 30.3 Å². The molecular weight excluding hydrogens is 240 g/mol. The molecule has 0 radical (unpaired) electrons. The molecule has 106 valence electrons. The van der Waals surface area contributed by atoms with E-state index in [0.29, 0.717) is 6.61 Å².